The number of carbonyl (C=O) groups excluding carboxylic acids is 3. The van der Waals surface area contributed by atoms with Crippen molar-refractivity contribution in [1.29, 1.82) is 0 Å². The number of carbonyl (C=O) groups is 3. The van der Waals surface area contributed by atoms with Crippen molar-refractivity contribution < 1.29 is 23.9 Å². The number of imide groups is 2. The molecular weight excluding hydrogens is 562 g/mol. The van der Waals surface area contributed by atoms with Crippen LogP contribution < -0.4 is 19.7 Å². The summed E-state index contributed by atoms with van der Waals surface area (Å²) >= 11 is 24.4. The molecule has 0 unspecified atom stereocenters. The topological polar surface area (TPSA) is 84.9 Å². The van der Waals surface area contributed by atoms with Crippen molar-refractivity contribution in [1.82, 2.24) is 5.32 Å². The van der Waals surface area contributed by atoms with Crippen LogP contribution in [0.15, 0.2) is 60.2 Å². The average Bonchev–Trinajstić information content (AvgIpc) is 2.84. The van der Waals surface area contributed by atoms with Crippen LogP contribution in [0.4, 0.5) is 10.5 Å². The molecule has 1 N–H and O–H groups in total. The van der Waals surface area contributed by atoms with Gasteiger partial charge in [0.05, 0.1) is 27.4 Å². The maximum atomic E-state index is 13.2. The molecule has 4 rings (SSSR count). The Labute approximate surface area is 232 Å². The summed E-state index contributed by atoms with van der Waals surface area (Å²) in [6.45, 7) is 2.31. The highest BCUT2D eigenvalue weighted by Gasteiger charge is 2.37. The summed E-state index contributed by atoms with van der Waals surface area (Å²) < 4.78 is 11.6. The molecule has 0 aromatic heterocycles. The summed E-state index contributed by atoms with van der Waals surface area (Å²) in [5.74, 6) is -1.09. The molecular formula is C26H18Cl4N2O5. The Morgan fingerprint density at radius 2 is 1.59 bits per heavy atom. The number of benzene rings is 3. The lowest BCUT2D eigenvalue weighted by Crippen LogP contribution is -2.54. The smallest absolute Gasteiger partial charge is 0.335 e. The number of anilines is 1. The van der Waals surface area contributed by atoms with Crippen LogP contribution in [0, 0.1) is 0 Å². The highest BCUT2D eigenvalue weighted by atomic mass is 35.5. The average molecular weight is 580 g/mol. The molecule has 7 nitrogen and oxygen atoms in total. The van der Waals surface area contributed by atoms with Crippen LogP contribution in [-0.4, -0.2) is 24.5 Å². The first-order chi connectivity index (χ1) is 17.7. The number of hydrogen-bond acceptors (Lipinski definition) is 5. The molecule has 1 aliphatic heterocycles. The van der Waals surface area contributed by atoms with E-state index in [4.69, 9.17) is 55.9 Å². The summed E-state index contributed by atoms with van der Waals surface area (Å²) in [6, 6.07) is 13.6. The van der Waals surface area contributed by atoms with Gasteiger partial charge in [0, 0.05) is 5.02 Å². The van der Waals surface area contributed by atoms with E-state index < -0.39 is 17.8 Å². The van der Waals surface area contributed by atoms with E-state index in [-0.39, 0.29) is 32.9 Å². The number of amides is 4. The first-order valence-electron chi connectivity index (χ1n) is 10.9. The molecule has 190 valence electrons. The molecule has 0 aliphatic carbocycles. The molecule has 1 fully saturated rings. The monoisotopic (exact) mass is 578 g/mol. The molecule has 0 spiro atoms. The number of nitrogens with zero attached hydrogens (tertiary/aromatic N) is 1. The zero-order valence-electron chi connectivity index (χ0n) is 19.2. The number of hydrogen-bond donors (Lipinski definition) is 1. The minimum atomic E-state index is -0.912. The Balaban J connectivity index is 1.66. The van der Waals surface area contributed by atoms with Gasteiger partial charge < -0.3 is 9.47 Å². The van der Waals surface area contributed by atoms with Gasteiger partial charge in [-0.25, -0.2) is 9.69 Å². The number of urea groups is 1. The Morgan fingerprint density at radius 1 is 0.865 bits per heavy atom. The molecule has 1 saturated heterocycles. The Hall–Kier alpha value is -3.23. The van der Waals surface area contributed by atoms with E-state index in [1.165, 1.54) is 30.3 Å². The Kier molecular flexibility index (Phi) is 8.29. The molecule has 0 atom stereocenters. The van der Waals surface area contributed by atoms with Gasteiger partial charge in [-0.05, 0) is 66.6 Å². The van der Waals surface area contributed by atoms with E-state index in [0.717, 1.165) is 10.5 Å². The van der Waals surface area contributed by atoms with Crippen LogP contribution in [0.2, 0.25) is 20.1 Å². The lowest BCUT2D eigenvalue weighted by atomic mass is 10.1. The van der Waals surface area contributed by atoms with Crippen LogP contribution >= 0.6 is 46.4 Å². The third-order valence-electron chi connectivity index (χ3n) is 5.20. The first-order valence-corrected chi connectivity index (χ1v) is 12.4. The number of halogens is 4. The predicted octanol–water partition coefficient (Wildman–Crippen LogP) is 6.94. The number of barbiturate groups is 1. The van der Waals surface area contributed by atoms with Crippen LogP contribution in [0.3, 0.4) is 0 Å². The normalized spacial score (nSPS) is 14.7. The van der Waals surface area contributed by atoms with Gasteiger partial charge in [-0.15, -0.1) is 0 Å². The lowest BCUT2D eigenvalue weighted by molar-refractivity contribution is -0.122. The minimum Gasteiger partial charge on any atom is -0.490 e. The standard InChI is InChI=1S/C26H18Cl4N2O5/c1-2-36-22-11-15(10-21(30)23(22)37-13-14-3-5-16(27)6-4-14)9-18-24(33)31-26(35)32(25(18)34)17-7-8-19(28)20(29)12-17/h3-12H,2,13H2,1H3,(H,31,33,35)/b18-9+. The second kappa shape index (κ2) is 11.4. The largest absolute Gasteiger partial charge is 0.490 e. The maximum absolute atomic E-state index is 13.2. The lowest BCUT2D eigenvalue weighted by Gasteiger charge is -2.26. The van der Waals surface area contributed by atoms with Crippen LogP contribution in [0.25, 0.3) is 6.08 Å². The first kappa shape index (κ1) is 26.8. The summed E-state index contributed by atoms with van der Waals surface area (Å²) in [5.41, 5.74) is 1.10. The molecule has 11 heteroatoms. The molecule has 1 heterocycles. The highest BCUT2D eigenvalue weighted by Crippen LogP contribution is 2.38. The zero-order valence-corrected chi connectivity index (χ0v) is 22.2. The van der Waals surface area contributed by atoms with Crippen molar-refractivity contribution in [2.75, 3.05) is 11.5 Å². The second-order valence-electron chi connectivity index (χ2n) is 7.73. The summed E-state index contributed by atoms with van der Waals surface area (Å²) in [4.78, 5) is 39.0. The molecule has 0 radical (unpaired) electrons. The van der Waals surface area contributed by atoms with Crippen molar-refractivity contribution in [2.45, 2.75) is 13.5 Å². The van der Waals surface area contributed by atoms with E-state index in [0.29, 0.717) is 28.7 Å². The van der Waals surface area contributed by atoms with E-state index in [1.807, 2.05) is 12.1 Å². The van der Waals surface area contributed by atoms with Gasteiger partial charge in [-0.2, -0.15) is 0 Å². The second-order valence-corrected chi connectivity index (χ2v) is 9.39. The molecule has 1 aliphatic rings. The van der Waals surface area contributed by atoms with Crippen LogP contribution in [0.5, 0.6) is 11.5 Å². The van der Waals surface area contributed by atoms with Gasteiger partial charge in [0.1, 0.15) is 12.2 Å². The van der Waals surface area contributed by atoms with E-state index in [1.54, 1.807) is 25.1 Å². The van der Waals surface area contributed by atoms with E-state index in [9.17, 15) is 14.4 Å². The maximum Gasteiger partial charge on any atom is 0.335 e. The van der Waals surface area contributed by atoms with Gasteiger partial charge >= 0.3 is 6.03 Å². The molecule has 37 heavy (non-hydrogen) atoms. The van der Waals surface area contributed by atoms with Crippen LogP contribution in [-0.2, 0) is 16.2 Å². The van der Waals surface area contributed by atoms with Gasteiger partial charge in [0.15, 0.2) is 11.5 Å². The van der Waals surface area contributed by atoms with Crippen molar-refractivity contribution >= 4 is 76.0 Å². The SMILES string of the molecule is CCOc1cc(/C=C2\C(=O)NC(=O)N(c3ccc(Cl)c(Cl)c3)C2=O)cc(Cl)c1OCc1ccc(Cl)cc1. The summed E-state index contributed by atoms with van der Waals surface area (Å²) in [5, 5.41) is 3.36. The molecule has 0 saturated carbocycles. The summed E-state index contributed by atoms with van der Waals surface area (Å²) in [6.07, 6.45) is 1.31. The van der Waals surface area contributed by atoms with Crippen molar-refractivity contribution in [3.8, 4) is 11.5 Å². The predicted molar refractivity (Wildman–Crippen MR) is 144 cm³/mol. The molecule has 3 aromatic carbocycles. The van der Waals surface area contributed by atoms with E-state index in [2.05, 4.69) is 5.32 Å². The minimum absolute atomic E-state index is 0.143. The summed E-state index contributed by atoms with van der Waals surface area (Å²) in [7, 11) is 0. The highest BCUT2D eigenvalue weighted by molar-refractivity contribution is 6.43. The van der Waals surface area contributed by atoms with Gasteiger partial charge in [-0.3, -0.25) is 14.9 Å². The fraction of sp³-hybridized carbons (Fsp3) is 0.115. The van der Waals surface area contributed by atoms with E-state index >= 15 is 0 Å². The number of ether oxygens (including phenoxy) is 2. The van der Waals surface area contributed by atoms with Crippen molar-refractivity contribution in [2.24, 2.45) is 0 Å². The van der Waals surface area contributed by atoms with Crippen LogP contribution in [0.1, 0.15) is 18.1 Å². The van der Waals surface area contributed by atoms with Gasteiger partial charge in [0.2, 0.25) is 0 Å². The third-order valence-corrected chi connectivity index (χ3v) is 6.47. The van der Waals surface area contributed by atoms with Gasteiger partial charge in [-0.1, -0.05) is 58.5 Å². The van der Waals surface area contributed by atoms with Crippen molar-refractivity contribution in [3.63, 3.8) is 0 Å². The molecule has 0 bridgehead atoms. The molecule has 4 amide bonds. The number of nitrogens with one attached hydrogen (secondary N) is 1. The zero-order chi connectivity index (χ0) is 26.7. The quantitative estimate of drug-likeness (QED) is 0.242. The Bertz CT molecular complexity index is 1420. The van der Waals surface area contributed by atoms with Crippen molar-refractivity contribution in [3.05, 3.63) is 91.4 Å². The molecule has 3 aromatic rings. The fourth-order valence-electron chi connectivity index (χ4n) is 3.49. The third kappa shape index (κ3) is 6.02. The number of rotatable bonds is 7. The Morgan fingerprint density at radius 3 is 2.27 bits per heavy atom. The van der Waals surface area contributed by atoms with Gasteiger partial charge in [0.25, 0.3) is 11.8 Å². The fourth-order valence-corrected chi connectivity index (χ4v) is 4.19.